The molecule has 2 aromatic carbocycles. The van der Waals surface area contributed by atoms with E-state index in [1.807, 2.05) is 36.2 Å². The summed E-state index contributed by atoms with van der Waals surface area (Å²) in [5.74, 6) is -1.24. The molecular formula is C25H32F2N2O5. The first kappa shape index (κ1) is 25.7. The number of carbonyl (C=O) groups is 1. The quantitative estimate of drug-likeness (QED) is 0.629. The summed E-state index contributed by atoms with van der Waals surface area (Å²) >= 11 is 0. The first-order valence-corrected chi connectivity index (χ1v) is 11.1. The van der Waals surface area contributed by atoms with E-state index in [-0.39, 0.29) is 12.2 Å². The van der Waals surface area contributed by atoms with Crippen LogP contribution < -0.4 is 14.8 Å². The highest BCUT2D eigenvalue weighted by Crippen LogP contribution is 2.31. The molecule has 1 saturated carbocycles. The summed E-state index contributed by atoms with van der Waals surface area (Å²) in [6.45, 7) is 5.71. The van der Waals surface area contributed by atoms with E-state index in [0.717, 1.165) is 17.7 Å². The molecule has 186 valence electrons. The molecule has 0 heterocycles. The molecule has 3 rings (SSSR count). The Kier molecular flexibility index (Phi) is 7.99. The van der Waals surface area contributed by atoms with Gasteiger partial charge in [0.1, 0.15) is 29.3 Å². The number of aliphatic hydroxyl groups excluding tert-OH is 1. The highest BCUT2D eigenvalue weighted by Gasteiger charge is 2.47. The number of carbonyl (C=O) groups excluding carboxylic acids is 1. The van der Waals surface area contributed by atoms with E-state index in [0.29, 0.717) is 12.3 Å². The molecule has 1 fully saturated rings. The highest BCUT2D eigenvalue weighted by atomic mass is 19.2. The van der Waals surface area contributed by atoms with Crippen molar-refractivity contribution in [2.75, 3.05) is 14.2 Å². The number of hydrogen-bond acceptors (Lipinski definition) is 6. The number of alkyl carbamates (subject to hydrolysis) is 1. The van der Waals surface area contributed by atoms with Crippen molar-refractivity contribution in [2.24, 2.45) is 0 Å². The summed E-state index contributed by atoms with van der Waals surface area (Å²) in [6.07, 6.45) is -2.18. The van der Waals surface area contributed by atoms with Crippen molar-refractivity contribution >= 4 is 6.09 Å². The van der Waals surface area contributed by atoms with E-state index in [9.17, 15) is 18.7 Å². The van der Waals surface area contributed by atoms with Crippen molar-refractivity contribution < 1.29 is 32.9 Å². The van der Waals surface area contributed by atoms with E-state index in [4.69, 9.17) is 14.2 Å². The maximum Gasteiger partial charge on any atom is 0.407 e. The zero-order valence-corrected chi connectivity index (χ0v) is 20.0. The van der Waals surface area contributed by atoms with Crippen LogP contribution in [-0.2, 0) is 11.3 Å². The van der Waals surface area contributed by atoms with Crippen LogP contribution in [0.1, 0.15) is 32.8 Å². The number of para-hydroxylation sites is 1. The van der Waals surface area contributed by atoms with Crippen LogP contribution in [0.25, 0.3) is 0 Å². The standard InChI is InChI=1S/C25H32F2N2O5/c1-25(2,3)34-24(31)28-19-13-21(33-16-10-11-17(26)18(27)12-16)23(30)22(19)29(4)14-15-8-6-7-9-20(15)32-5/h6-12,19,21-23,30H,13-14H2,1-5H3,(H,28,31)/t19-,21-,22+,23+/m1/s1. The summed E-state index contributed by atoms with van der Waals surface area (Å²) < 4.78 is 43.6. The molecule has 0 spiro atoms. The van der Waals surface area contributed by atoms with E-state index in [1.54, 1.807) is 27.9 Å². The molecule has 2 N–H and O–H groups in total. The van der Waals surface area contributed by atoms with Gasteiger partial charge in [-0.2, -0.15) is 0 Å². The average molecular weight is 479 g/mol. The monoisotopic (exact) mass is 478 g/mol. The topological polar surface area (TPSA) is 80.3 Å². The molecule has 0 bridgehead atoms. The van der Waals surface area contributed by atoms with Gasteiger partial charge in [-0.25, -0.2) is 13.6 Å². The smallest absolute Gasteiger partial charge is 0.407 e. The lowest BCUT2D eigenvalue weighted by molar-refractivity contribution is 0.0106. The van der Waals surface area contributed by atoms with Gasteiger partial charge in [-0.05, 0) is 46.0 Å². The second-order valence-corrected chi connectivity index (χ2v) is 9.43. The predicted molar refractivity (Wildman–Crippen MR) is 123 cm³/mol. The zero-order valence-electron chi connectivity index (χ0n) is 20.0. The molecule has 1 aliphatic rings. The lowest BCUT2D eigenvalue weighted by Crippen LogP contribution is -2.52. The fraction of sp³-hybridized carbons (Fsp3) is 0.480. The number of nitrogens with one attached hydrogen (secondary N) is 1. The lowest BCUT2D eigenvalue weighted by atomic mass is 10.1. The minimum absolute atomic E-state index is 0.0898. The largest absolute Gasteiger partial charge is 0.496 e. The average Bonchev–Trinajstić information content (AvgIpc) is 3.04. The number of aliphatic hydroxyl groups is 1. The maximum atomic E-state index is 13.7. The van der Waals surface area contributed by atoms with Gasteiger partial charge in [0.25, 0.3) is 0 Å². The Morgan fingerprint density at radius 1 is 1.18 bits per heavy atom. The van der Waals surface area contributed by atoms with Gasteiger partial charge in [-0.15, -0.1) is 0 Å². The molecule has 0 saturated heterocycles. The number of methoxy groups -OCH3 is 1. The van der Waals surface area contributed by atoms with Gasteiger partial charge < -0.3 is 24.6 Å². The van der Waals surface area contributed by atoms with Crippen molar-refractivity contribution in [1.82, 2.24) is 10.2 Å². The summed E-state index contributed by atoms with van der Waals surface area (Å²) in [4.78, 5) is 14.4. The van der Waals surface area contributed by atoms with Crippen LogP contribution in [0.5, 0.6) is 11.5 Å². The molecule has 7 nitrogen and oxygen atoms in total. The van der Waals surface area contributed by atoms with Crippen LogP contribution in [0, 0.1) is 11.6 Å². The van der Waals surface area contributed by atoms with Crippen LogP contribution >= 0.6 is 0 Å². The van der Waals surface area contributed by atoms with E-state index in [1.165, 1.54) is 6.07 Å². The molecular weight excluding hydrogens is 446 g/mol. The second kappa shape index (κ2) is 10.6. The Labute approximate surface area is 198 Å². The molecule has 0 aromatic heterocycles. The summed E-state index contributed by atoms with van der Waals surface area (Å²) in [5.41, 5.74) is 0.211. The SMILES string of the molecule is COc1ccccc1CN(C)[C@@H]1[C@@H](O)[C@H](Oc2ccc(F)c(F)c2)C[C@H]1NC(=O)OC(C)(C)C. The van der Waals surface area contributed by atoms with Crippen LogP contribution in [0.3, 0.4) is 0 Å². The number of ether oxygens (including phenoxy) is 3. The fourth-order valence-corrected chi connectivity index (χ4v) is 4.21. The van der Waals surface area contributed by atoms with Crippen LogP contribution in [-0.4, -0.2) is 60.1 Å². The van der Waals surface area contributed by atoms with Crippen molar-refractivity contribution in [3.05, 3.63) is 59.7 Å². The predicted octanol–water partition coefficient (Wildman–Crippen LogP) is 3.88. The number of hydrogen-bond donors (Lipinski definition) is 2. The van der Waals surface area contributed by atoms with Gasteiger partial charge in [0.2, 0.25) is 0 Å². The number of likely N-dealkylation sites (N-methyl/N-ethyl adjacent to an activating group) is 1. The molecule has 0 unspecified atom stereocenters. The van der Waals surface area contributed by atoms with Gasteiger partial charge in [-0.3, -0.25) is 4.90 Å². The lowest BCUT2D eigenvalue weighted by Gasteiger charge is -2.33. The normalized spacial score (nSPS) is 22.5. The number of nitrogens with zero attached hydrogens (tertiary/aromatic N) is 1. The molecule has 34 heavy (non-hydrogen) atoms. The summed E-state index contributed by atoms with van der Waals surface area (Å²) in [7, 11) is 3.41. The third-order valence-corrected chi connectivity index (χ3v) is 5.63. The molecule has 2 aromatic rings. The van der Waals surface area contributed by atoms with Gasteiger partial charge in [0.15, 0.2) is 11.6 Å². The molecule has 9 heteroatoms. The van der Waals surface area contributed by atoms with Crippen molar-refractivity contribution in [2.45, 2.75) is 63.6 Å². The second-order valence-electron chi connectivity index (χ2n) is 9.43. The highest BCUT2D eigenvalue weighted by molar-refractivity contribution is 5.68. The van der Waals surface area contributed by atoms with Crippen molar-refractivity contribution in [3.8, 4) is 11.5 Å². The number of amides is 1. The minimum Gasteiger partial charge on any atom is -0.496 e. The minimum atomic E-state index is -1.04. The van der Waals surface area contributed by atoms with Gasteiger partial charge >= 0.3 is 6.09 Å². The molecule has 0 aliphatic heterocycles. The Morgan fingerprint density at radius 3 is 2.53 bits per heavy atom. The zero-order chi connectivity index (χ0) is 25.0. The fourth-order valence-electron chi connectivity index (χ4n) is 4.21. The molecule has 4 atom stereocenters. The Bertz CT molecular complexity index is 998. The van der Waals surface area contributed by atoms with Crippen LogP contribution in [0.2, 0.25) is 0 Å². The first-order chi connectivity index (χ1) is 16.0. The number of rotatable bonds is 7. The van der Waals surface area contributed by atoms with E-state index < -0.39 is 47.6 Å². The summed E-state index contributed by atoms with van der Waals surface area (Å²) in [5, 5.41) is 14.0. The third kappa shape index (κ3) is 6.36. The van der Waals surface area contributed by atoms with E-state index >= 15 is 0 Å². The van der Waals surface area contributed by atoms with Gasteiger partial charge in [0, 0.05) is 24.6 Å². The number of halogens is 2. The Morgan fingerprint density at radius 2 is 1.88 bits per heavy atom. The summed E-state index contributed by atoms with van der Waals surface area (Å²) in [6, 6.07) is 9.65. The van der Waals surface area contributed by atoms with Gasteiger partial charge in [-0.1, -0.05) is 18.2 Å². The maximum absolute atomic E-state index is 13.7. The van der Waals surface area contributed by atoms with Crippen molar-refractivity contribution in [3.63, 3.8) is 0 Å². The van der Waals surface area contributed by atoms with Crippen LogP contribution in [0.15, 0.2) is 42.5 Å². The first-order valence-electron chi connectivity index (χ1n) is 11.1. The Balaban J connectivity index is 1.82. The Hall–Kier alpha value is -2.91. The number of benzene rings is 2. The van der Waals surface area contributed by atoms with E-state index in [2.05, 4.69) is 5.32 Å². The molecule has 0 radical (unpaired) electrons. The van der Waals surface area contributed by atoms with Crippen LogP contribution in [0.4, 0.5) is 13.6 Å². The molecule has 1 amide bonds. The third-order valence-electron chi connectivity index (χ3n) is 5.63. The van der Waals surface area contributed by atoms with Gasteiger partial charge in [0.05, 0.1) is 19.2 Å². The molecule has 1 aliphatic carbocycles. The van der Waals surface area contributed by atoms with Crippen molar-refractivity contribution in [1.29, 1.82) is 0 Å².